The van der Waals surface area contributed by atoms with Gasteiger partial charge in [-0.3, -0.25) is 0 Å². The van der Waals surface area contributed by atoms with Gasteiger partial charge in [0.05, 0.1) is 6.04 Å². The highest BCUT2D eigenvalue weighted by Gasteiger charge is 2.15. The number of hydrogen-bond acceptors (Lipinski definition) is 2. The number of fused-ring (bicyclic) bond motifs is 1. The van der Waals surface area contributed by atoms with Gasteiger partial charge in [-0.2, -0.15) is 0 Å². The maximum atomic E-state index is 5.97. The SMILES string of the molecule is C=C(C)CCC(NCCC)c1cc2ccccc2o1. The van der Waals surface area contributed by atoms with Crippen molar-refractivity contribution >= 4 is 11.0 Å². The van der Waals surface area contributed by atoms with Crippen molar-refractivity contribution in [3.8, 4) is 0 Å². The lowest BCUT2D eigenvalue weighted by Crippen LogP contribution is -2.21. The number of benzene rings is 1. The molecule has 0 aliphatic carbocycles. The molecular weight excluding hydrogens is 234 g/mol. The molecule has 19 heavy (non-hydrogen) atoms. The van der Waals surface area contributed by atoms with E-state index >= 15 is 0 Å². The second-order valence-electron chi connectivity index (χ2n) is 5.19. The third kappa shape index (κ3) is 3.71. The van der Waals surface area contributed by atoms with Crippen molar-refractivity contribution in [2.75, 3.05) is 6.54 Å². The first-order valence-corrected chi connectivity index (χ1v) is 7.07. The molecule has 1 unspecified atom stereocenters. The molecule has 2 aromatic rings. The normalized spacial score (nSPS) is 12.7. The summed E-state index contributed by atoms with van der Waals surface area (Å²) in [6, 6.07) is 10.6. The summed E-state index contributed by atoms with van der Waals surface area (Å²) < 4.78 is 5.97. The van der Waals surface area contributed by atoms with Crippen molar-refractivity contribution in [2.45, 2.75) is 39.2 Å². The minimum absolute atomic E-state index is 0.282. The Morgan fingerprint density at radius 1 is 1.37 bits per heavy atom. The van der Waals surface area contributed by atoms with Crippen molar-refractivity contribution in [1.29, 1.82) is 0 Å². The lowest BCUT2D eigenvalue weighted by Gasteiger charge is -2.16. The first-order chi connectivity index (χ1) is 9.20. The Bertz CT molecular complexity index is 508. The van der Waals surface area contributed by atoms with Crippen LogP contribution in [0.5, 0.6) is 0 Å². The Balaban J connectivity index is 2.17. The van der Waals surface area contributed by atoms with Gasteiger partial charge in [0, 0.05) is 5.39 Å². The van der Waals surface area contributed by atoms with Crippen LogP contribution < -0.4 is 5.32 Å². The molecule has 102 valence electrons. The zero-order chi connectivity index (χ0) is 13.7. The molecule has 2 heteroatoms. The van der Waals surface area contributed by atoms with Crippen molar-refractivity contribution in [3.05, 3.63) is 48.2 Å². The fraction of sp³-hybridized carbons (Fsp3) is 0.412. The number of para-hydroxylation sites is 1. The molecule has 0 bridgehead atoms. The minimum Gasteiger partial charge on any atom is -0.459 e. The summed E-state index contributed by atoms with van der Waals surface area (Å²) in [5, 5.41) is 4.74. The van der Waals surface area contributed by atoms with Gasteiger partial charge in [-0.15, -0.1) is 6.58 Å². The largest absolute Gasteiger partial charge is 0.459 e. The molecule has 0 amide bonds. The van der Waals surface area contributed by atoms with E-state index in [0.717, 1.165) is 37.2 Å². The van der Waals surface area contributed by atoms with Gasteiger partial charge >= 0.3 is 0 Å². The van der Waals surface area contributed by atoms with Crippen LogP contribution in [0.4, 0.5) is 0 Å². The van der Waals surface area contributed by atoms with Gasteiger partial charge in [-0.1, -0.05) is 30.7 Å². The maximum Gasteiger partial charge on any atom is 0.134 e. The Morgan fingerprint density at radius 2 is 2.16 bits per heavy atom. The fourth-order valence-electron chi connectivity index (χ4n) is 2.23. The van der Waals surface area contributed by atoms with Crippen LogP contribution >= 0.6 is 0 Å². The highest BCUT2D eigenvalue weighted by Crippen LogP contribution is 2.27. The quantitative estimate of drug-likeness (QED) is 0.719. The standard InChI is InChI=1S/C17H23NO/c1-4-11-18-15(10-9-13(2)3)17-12-14-7-5-6-8-16(14)19-17/h5-8,12,15,18H,2,4,9-11H2,1,3H3. The van der Waals surface area contributed by atoms with E-state index < -0.39 is 0 Å². The van der Waals surface area contributed by atoms with E-state index in [0.29, 0.717) is 0 Å². The molecule has 0 spiro atoms. The lowest BCUT2D eigenvalue weighted by molar-refractivity contribution is 0.410. The number of hydrogen-bond donors (Lipinski definition) is 1. The van der Waals surface area contributed by atoms with Crippen LogP contribution in [0.25, 0.3) is 11.0 Å². The van der Waals surface area contributed by atoms with Crippen LogP contribution in [0, 0.1) is 0 Å². The monoisotopic (exact) mass is 257 g/mol. The van der Waals surface area contributed by atoms with Gasteiger partial charge in [0.2, 0.25) is 0 Å². The van der Waals surface area contributed by atoms with E-state index in [1.807, 2.05) is 18.2 Å². The van der Waals surface area contributed by atoms with Gasteiger partial charge in [-0.05, 0) is 44.9 Å². The average molecular weight is 257 g/mol. The average Bonchev–Trinajstić information content (AvgIpc) is 2.82. The summed E-state index contributed by atoms with van der Waals surface area (Å²) >= 11 is 0. The molecule has 1 heterocycles. The topological polar surface area (TPSA) is 25.2 Å². The molecule has 2 nitrogen and oxygen atoms in total. The minimum atomic E-state index is 0.282. The van der Waals surface area contributed by atoms with Crippen molar-refractivity contribution in [1.82, 2.24) is 5.32 Å². The molecule has 0 saturated heterocycles. The third-order valence-electron chi connectivity index (χ3n) is 3.29. The van der Waals surface area contributed by atoms with Crippen LogP contribution in [0.2, 0.25) is 0 Å². The van der Waals surface area contributed by atoms with Crippen molar-refractivity contribution in [3.63, 3.8) is 0 Å². The molecule has 0 radical (unpaired) electrons. The molecule has 2 rings (SSSR count). The summed E-state index contributed by atoms with van der Waals surface area (Å²) in [6.07, 6.45) is 3.19. The third-order valence-corrected chi connectivity index (χ3v) is 3.29. The van der Waals surface area contributed by atoms with E-state index in [1.54, 1.807) is 0 Å². The molecular formula is C17H23NO. The van der Waals surface area contributed by atoms with E-state index in [4.69, 9.17) is 4.42 Å². The molecule has 1 aromatic heterocycles. The number of rotatable bonds is 7. The predicted octanol–water partition coefficient (Wildman–Crippen LogP) is 4.83. The maximum absolute atomic E-state index is 5.97. The Kier molecular flexibility index (Phi) is 4.80. The molecule has 0 aliphatic rings. The summed E-state index contributed by atoms with van der Waals surface area (Å²) in [6.45, 7) is 9.26. The van der Waals surface area contributed by atoms with Crippen LogP contribution in [0.3, 0.4) is 0 Å². The summed E-state index contributed by atoms with van der Waals surface area (Å²) in [5.41, 5.74) is 2.19. The van der Waals surface area contributed by atoms with Crippen molar-refractivity contribution < 1.29 is 4.42 Å². The van der Waals surface area contributed by atoms with E-state index in [-0.39, 0.29) is 6.04 Å². The summed E-state index contributed by atoms with van der Waals surface area (Å²) in [5.74, 6) is 1.04. The Morgan fingerprint density at radius 3 is 2.84 bits per heavy atom. The predicted molar refractivity (Wildman–Crippen MR) is 81.3 cm³/mol. The Labute approximate surface area is 115 Å². The van der Waals surface area contributed by atoms with Gasteiger partial charge in [0.1, 0.15) is 11.3 Å². The zero-order valence-corrected chi connectivity index (χ0v) is 11.9. The van der Waals surface area contributed by atoms with E-state index in [9.17, 15) is 0 Å². The van der Waals surface area contributed by atoms with Crippen LogP contribution in [0.15, 0.2) is 46.9 Å². The number of furan rings is 1. The highest BCUT2D eigenvalue weighted by atomic mass is 16.3. The molecule has 0 fully saturated rings. The molecule has 1 atom stereocenters. The van der Waals surface area contributed by atoms with Gasteiger partial charge in [0.15, 0.2) is 0 Å². The molecule has 1 aromatic carbocycles. The van der Waals surface area contributed by atoms with Crippen LogP contribution in [0.1, 0.15) is 44.9 Å². The van der Waals surface area contributed by atoms with Gasteiger partial charge in [-0.25, -0.2) is 0 Å². The highest BCUT2D eigenvalue weighted by molar-refractivity contribution is 5.77. The second-order valence-corrected chi connectivity index (χ2v) is 5.19. The number of nitrogens with one attached hydrogen (secondary N) is 1. The van der Waals surface area contributed by atoms with E-state index in [2.05, 4.69) is 37.9 Å². The van der Waals surface area contributed by atoms with Gasteiger partial charge in [0.25, 0.3) is 0 Å². The van der Waals surface area contributed by atoms with Crippen LogP contribution in [-0.4, -0.2) is 6.54 Å². The fourth-order valence-corrected chi connectivity index (χ4v) is 2.23. The zero-order valence-electron chi connectivity index (χ0n) is 11.9. The van der Waals surface area contributed by atoms with Crippen molar-refractivity contribution in [2.24, 2.45) is 0 Å². The molecule has 0 saturated carbocycles. The van der Waals surface area contributed by atoms with E-state index in [1.165, 1.54) is 11.0 Å². The summed E-state index contributed by atoms with van der Waals surface area (Å²) in [7, 11) is 0. The van der Waals surface area contributed by atoms with Crippen LogP contribution in [-0.2, 0) is 0 Å². The first-order valence-electron chi connectivity index (χ1n) is 7.07. The molecule has 1 N–H and O–H groups in total. The first kappa shape index (κ1) is 13.9. The molecule has 0 aliphatic heterocycles. The lowest BCUT2D eigenvalue weighted by atomic mass is 10.0. The smallest absolute Gasteiger partial charge is 0.134 e. The second kappa shape index (κ2) is 6.58. The number of allylic oxidation sites excluding steroid dienone is 1. The summed E-state index contributed by atoms with van der Waals surface area (Å²) in [4.78, 5) is 0. The van der Waals surface area contributed by atoms with Gasteiger partial charge < -0.3 is 9.73 Å². The Hall–Kier alpha value is -1.54.